The van der Waals surface area contributed by atoms with E-state index in [9.17, 15) is 4.79 Å². The largest absolute Gasteiger partial charge is 0.424 e. The first kappa shape index (κ1) is 18.1. The van der Waals surface area contributed by atoms with Crippen LogP contribution < -0.4 is 5.32 Å². The van der Waals surface area contributed by atoms with Gasteiger partial charge in [-0.25, -0.2) is 4.98 Å². The Balaban J connectivity index is 1.28. The maximum absolute atomic E-state index is 13.6. The maximum Gasteiger partial charge on any atom is 0.295 e. The summed E-state index contributed by atoms with van der Waals surface area (Å²) >= 11 is 0. The second-order valence-corrected chi connectivity index (χ2v) is 8.24. The van der Waals surface area contributed by atoms with E-state index >= 15 is 0 Å². The number of piperidine rings is 1. The molecule has 1 aromatic carbocycles. The van der Waals surface area contributed by atoms with E-state index in [0.717, 1.165) is 36.2 Å². The Morgan fingerprint density at radius 3 is 2.74 bits per heavy atom. The molecule has 6 rings (SSSR count). The fourth-order valence-electron chi connectivity index (χ4n) is 4.85. The van der Waals surface area contributed by atoms with Crippen LogP contribution in [0.5, 0.6) is 0 Å². The highest BCUT2D eigenvalue weighted by Crippen LogP contribution is 2.40. The molecule has 0 unspecified atom stereocenters. The number of fused-ring (bicyclic) bond motifs is 3. The zero-order valence-corrected chi connectivity index (χ0v) is 17.0. The monoisotopic (exact) mass is 415 g/mol. The zero-order chi connectivity index (χ0) is 20.9. The minimum absolute atomic E-state index is 0.0632. The average Bonchev–Trinajstić information content (AvgIpc) is 3.56. The molecule has 0 radical (unpaired) electrons. The van der Waals surface area contributed by atoms with Crippen molar-refractivity contribution in [1.82, 2.24) is 29.9 Å². The lowest BCUT2D eigenvalue weighted by atomic mass is 10.1. The van der Waals surface area contributed by atoms with Crippen LogP contribution in [0.2, 0.25) is 0 Å². The van der Waals surface area contributed by atoms with Gasteiger partial charge in [0.15, 0.2) is 11.3 Å². The molecule has 2 bridgehead atoms. The Hall–Kier alpha value is -3.75. The van der Waals surface area contributed by atoms with E-state index in [4.69, 9.17) is 4.42 Å². The van der Waals surface area contributed by atoms with E-state index in [1.165, 1.54) is 4.80 Å². The number of anilines is 1. The van der Waals surface area contributed by atoms with Crippen molar-refractivity contribution < 1.29 is 9.21 Å². The number of likely N-dealkylation sites (tertiary alicyclic amines) is 1. The molecule has 3 atom stereocenters. The Morgan fingerprint density at radius 1 is 1.10 bits per heavy atom. The number of para-hydroxylation sites is 2. The van der Waals surface area contributed by atoms with E-state index in [1.54, 1.807) is 12.4 Å². The molecule has 4 aromatic rings. The Labute approximate surface area is 178 Å². The molecule has 1 aliphatic carbocycles. The van der Waals surface area contributed by atoms with Gasteiger partial charge in [-0.2, -0.15) is 15.2 Å². The van der Waals surface area contributed by atoms with Crippen molar-refractivity contribution in [2.75, 3.05) is 11.9 Å². The number of carbonyl (C=O) groups excluding carboxylic acids is 1. The van der Waals surface area contributed by atoms with Gasteiger partial charge in [0.2, 0.25) is 0 Å². The molecule has 3 aromatic heterocycles. The number of rotatable bonds is 4. The van der Waals surface area contributed by atoms with E-state index in [1.807, 2.05) is 48.2 Å². The molecule has 2 fully saturated rings. The summed E-state index contributed by atoms with van der Waals surface area (Å²) in [6.07, 6.45) is 5.13. The lowest BCUT2D eigenvalue weighted by Crippen LogP contribution is -2.48. The van der Waals surface area contributed by atoms with Crippen molar-refractivity contribution >= 4 is 23.0 Å². The molecule has 9 nitrogen and oxygen atoms in total. The molecule has 1 saturated heterocycles. The van der Waals surface area contributed by atoms with Crippen molar-refractivity contribution in [3.8, 4) is 5.69 Å². The number of carbonyl (C=O) groups is 1. The van der Waals surface area contributed by atoms with Crippen LogP contribution in [0.3, 0.4) is 0 Å². The fraction of sp³-hybridized carbons (Fsp3) is 0.318. The summed E-state index contributed by atoms with van der Waals surface area (Å²) in [6.45, 7) is 2.61. The van der Waals surface area contributed by atoms with Crippen LogP contribution in [0.25, 0.3) is 16.8 Å². The predicted molar refractivity (Wildman–Crippen MR) is 113 cm³/mol. The Kier molecular flexibility index (Phi) is 4.02. The summed E-state index contributed by atoms with van der Waals surface area (Å²) in [5.41, 5.74) is 3.32. The van der Waals surface area contributed by atoms with Gasteiger partial charge in [-0.05, 0) is 49.9 Å². The second kappa shape index (κ2) is 6.90. The first-order valence-electron chi connectivity index (χ1n) is 10.4. The Bertz CT molecular complexity index is 1230. The number of pyridine rings is 1. The van der Waals surface area contributed by atoms with E-state index in [0.29, 0.717) is 23.3 Å². The molecule has 4 heterocycles. The highest BCUT2D eigenvalue weighted by atomic mass is 16.4. The third kappa shape index (κ3) is 3.04. The smallest absolute Gasteiger partial charge is 0.295 e. The summed E-state index contributed by atoms with van der Waals surface area (Å²) in [5.74, 6) is 0.361. The molecular formula is C22H21N7O2. The summed E-state index contributed by atoms with van der Waals surface area (Å²) in [4.78, 5) is 26.0. The van der Waals surface area contributed by atoms with Crippen LogP contribution in [0.4, 0.5) is 6.01 Å². The number of hydrogen-bond acceptors (Lipinski definition) is 7. The maximum atomic E-state index is 13.6. The SMILES string of the molecule is Cc1ccc(-n2nccn2)c(C(=O)N2C[C@H]3C[C@@H](Nc4nc5ccccc5o4)[C@@H]2C3)n1. The van der Waals surface area contributed by atoms with Crippen LogP contribution in [-0.4, -0.2) is 54.4 Å². The predicted octanol–water partition coefficient (Wildman–Crippen LogP) is 2.83. The number of aromatic nitrogens is 5. The molecule has 2 aliphatic rings. The first-order chi connectivity index (χ1) is 15.2. The van der Waals surface area contributed by atoms with Crippen molar-refractivity contribution in [1.29, 1.82) is 0 Å². The summed E-state index contributed by atoms with van der Waals surface area (Å²) in [5, 5.41) is 11.8. The van der Waals surface area contributed by atoms with Gasteiger partial charge in [0, 0.05) is 12.2 Å². The lowest BCUT2D eigenvalue weighted by molar-refractivity contribution is 0.0684. The number of benzene rings is 1. The van der Waals surface area contributed by atoms with Gasteiger partial charge >= 0.3 is 0 Å². The highest BCUT2D eigenvalue weighted by molar-refractivity contribution is 5.96. The van der Waals surface area contributed by atoms with Gasteiger partial charge in [-0.1, -0.05) is 12.1 Å². The third-order valence-corrected chi connectivity index (χ3v) is 6.20. The molecule has 1 saturated carbocycles. The average molecular weight is 415 g/mol. The van der Waals surface area contributed by atoms with Crippen molar-refractivity contribution in [2.24, 2.45) is 5.92 Å². The quantitative estimate of drug-likeness (QED) is 0.547. The molecule has 0 spiro atoms. The Morgan fingerprint density at radius 2 is 1.94 bits per heavy atom. The van der Waals surface area contributed by atoms with Crippen LogP contribution in [0.1, 0.15) is 29.0 Å². The molecule has 1 N–H and O–H groups in total. The van der Waals surface area contributed by atoms with E-state index < -0.39 is 0 Å². The van der Waals surface area contributed by atoms with Crippen molar-refractivity contribution in [2.45, 2.75) is 31.8 Å². The molecule has 31 heavy (non-hydrogen) atoms. The van der Waals surface area contributed by atoms with Crippen LogP contribution >= 0.6 is 0 Å². The number of oxazole rings is 1. The minimum atomic E-state index is -0.0902. The van der Waals surface area contributed by atoms with E-state index in [2.05, 4.69) is 25.5 Å². The van der Waals surface area contributed by atoms with Gasteiger partial charge < -0.3 is 14.6 Å². The van der Waals surface area contributed by atoms with Gasteiger partial charge in [-0.3, -0.25) is 4.79 Å². The molecule has 1 aliphatic heterocycles. The zero-order valence-electron chi connectivity index (χ0n) is 17.0. The number of aryl methyl sites for hydroxylation is 1. The first-order valence-corrected chi connectivity index (χ1v) is 10.4. The molecule has 9 heteroatoms. The second-order valence-electron chi connectivity index (χ2n) is 8.24. The normalized spacial score (nSPS) is 22.4. The number of amides is 1. The van der Waals surface area contributed by atoms with Crippen LogP contribution in [0, 0.1) is 12.8 Å². The van der Waals surface area contributed by atoms with Crippen molar-refractivity contribution in [3.63, 3.8) is 0 Å². The number of nitrogens with zero attached hydrogens (tertiary/aromatic N) is 6. The van der Waals surface area contributed by atoms with Gasteiger partial charge in [0.05, 0.1) is 24.5 Å². The van der Waals surface area contributed by atoms with Gasteiger partial charge in [0.25, 0.3) is 11.9 Å². The van der Waals surface area contributed by atoms with Gasteiger partial charge in [-0.15, -0.1) is 4.80 Å². The summed E-state index contributed by atoms with van der Waals surface area (Å²) in [7, 11) is 0. The topological polar surface area (TPSA) is 102 Å². The van der Waals surface area contributed by atoms with E-state index in [-0.39, 0.29) is 18.0 Å². The highest BCUT2D eigenvalue weighted by Gasteiger charge is 2.48. The fourth-order valence-corrected chi connectivity index (χ4v) is 4.85. The summed E-state index contributed by atoms with van der Waals surface area (Å²) < 4.78 is 5.84. The van der Waals surface area contributed by atoms with Crippen LogP contribution in [-0.2, 0) is 0 Å². The van der Waals surface area contributed by atoms with Crippen LogP contribution in [0.15, 0.2) is 53.2 Å². The molecular weight excluding hydrogens is 394 g/mol. The summed E-state index contributed by atoms with van der Waals surface area (Å²) in [6, 6.07) is 12.1. The van der Waals surface area contributed by atoms with Gasteiger partial charge in [0.1, 0.15) is 11.2 Å². The minimum Gasteiger partial charge on any atom is -0.424 e. The number of nitrogens with one attached hydrogen (secondary N) is 1. The molecule has 1 amide bonds. The number of hydrogen-bond donors (Lipinski definition) is 1. The third-order valence-electron chi connectivity index (χ3n) is 6.20. The molecule has 156 valence electrons. The lowest BCUT2D eigenvalue weighted by Gasteiger charge is -2.33. The van der Waals surface area contributed by atoms with Crippen molar-refractivity contribution in [3.05, 3.63) is 60.2 Å². The standard InChI is InChI=1S/C22H21N7O2/c1-13-6-7-17(29-23-8-9-24-29)20(25-13)21(30)28-12-14-10-16(18(28)11-14)27-22-26-15-4-2-3-5-19(15)31-22/h2-9,14,16,18H,10-12H2,1H3,(H,26,27)/t14-,16+,18-/m0/s1.